The maximum atomic E-state index is 2.22. The van der Waals surface area contributed by atoms with Crippen LogP contribution in [0.2, 0.25) is 13.1 Å². The minimum Gasteiger partial charge on any atom is -0.175 e. The summed E-state index contributed by atoms with van der Waals surface area (Å²) in [7, 11) is 0.750. The summed E-state index contributed by atoms with van der Waals surface area (Å²) in [4.78, 5) is 0. The van der Waals surface area contributed by atoms with Crippen molar-refractivity contribution < 1.29 is 32.7 Å². The largest absolute Gasteiger partial charge is 0.175 e. The first-order valence-corrected chi connectivity index (χ1v) is 15.9. The molecular formula is C38H38ClSiY-2. The van der Waals surface area contributed by atoms with E-state index in [-0.39, 0.29) is 45.1 Å². The Morgan fingerprint density at radius 3 is 0.951 bits per heavy atom. The van der Waals surface area contributed by atoms with Crippen LogP contribution < -0.4 is 0 Å². The fourth-order valence-corrected chi connectivity index (χ4v) is 4.87. The van der Waals surface area contributed by atoms with Gasteiger partial charge in [0.15, 0.2) is 0 Å². The van der Waals surface area contributed by atoms with Crippen LogP contribution in [0.5, 0.6) is 0 Å². The molecule has 0 saturated heterocycles. The molecule has 0 spiro atoms. The van der Waals surface area contributed by atoms with Gasteiger partial charge in [0.05, 0.1) is 0 Å². The first-order chi connectivity index (χ1) is 19.1. The standard InChI is InChI=1S/2C18H15.C2H7Si.ClH.Y/c2*1-14-12-13-17(15-8-4-2-5-9-15)18(14)16-10-6-3-7-11-16;1-3-2;;/h2*2-13H,1H3;3H,1-2H3;1H;/q2*-1;;;. The summed E-state index contributed by atoms with van der Waals surface area (Å²) in [6.07, 6.45) is 0. The van der Waals surface area contributed by atoms with Gasteiger partial charge < -0.3 is 0 Å². The van der Waals surface area contributed by atoms with E-state index in [0.29, 0.717) is 0 Å². The molecule has 6 aromatic carbocycles. The van der Waals surface area contributed by atoms with E-state index in [0.717, 1.165) is 9.52 Å². The third-order valence-corrected chi connectivity index (χ3v) is 6.62. The predicted molar refractivity (Wildman–Crippen MR) is 181 cm³/mol. The molecule has 0 heterocycles. The second-order valence-corrected chi connectivity index (χ2v) is 10.8. The number of halogens is 1. The van der Waals surface area contributed by atoms with Crippen LogP contribution in [0.15, 0.2) is 146 Å². The fraction of sp³-hybridized carbons (Fsp3) is 0.105. The van der Waals surface area contributed by atoms with E-state index in [9.17, 15) is 0 Å². The van der Waals surface area contributed by atoms with Gasteiger partial charge in [-0.1, -0.05) is 171 Å². The Bertz CT molecular complexity index is 1420. The van der Waals surface area contributed by atoms with Gasteiger partial charge in [-0.2, -0.15) is 57.6 Å². The van der Waals surface area contributed by atoms with Crippen molar-refractivity contribution in [2.45, 2.75) is 26.9 Å². The van der Waals surface area contributed by atoms with Gasteiger partial charge in [-0.3, -0.25) is 0 Å². The second kappa shape index (κ2) is 17.9. The van der Waals surface area contributed by atoms with Crippen LogP contribution in [-0.4, -0.2) is 9.52 Å². The van der Waals surface area contributed by atoms with Crippen molar-refractivity contribution in [2.24, 2.45) is 0 Å². The van der Waals surface area contributed by atoms with Crippen LogP contribution >= 0.6 is 12.4 Å². The van der Waals surface area contributed by atoms with Gasteiger partial charge in [0.1, 0.15) is 0 Å². The van der Waals surface area contributed by atoms with Crippen molar-refractivity contribution in [3.05, 3.63) is 157 Å². The van der Waals surface area contributed by atoms with Crippen LogP contribution in [0.25, 0.3) is 44.5 Å². The van der Waals surface area contributed by atoms with E-state index in [1.165, 1.54) is 55.6 Å². The third-order valence-electron chi connectivity index (χ3n) is 6.62. The average molecular weight is 647 g/mol. The van der Waals surface area contributed by atoms with Crippen LogP contribution in [0.3, 0.4) is 0 Å². The molecule has 0 fully saturated rings. The van der Waals surface area contributed by atoms with Gasteiger partial charge in [0, 0.05) is 42.2 Å². The monoisotopic (exact) mass is 646 g/mol. The topological polar surface area (TPSA) is 0 Å². The molecule has 206 valence electrons. The molecule has 0 aliphatic heterocycles. The molecule has 41 heavy (non-hydrogen) atoms. The van der Waals surface area contributed by atoms with E-state index in [1.807, 2.05) is 0 Å². The number of hydrogen-bond acceptors (Lipinski definition) is 0. The summed E-state index contributed by atoms with van der Waals surface area (Å²) in [5.41, 5.74) is 13.1. The second-order valence-electron chi connectivity index (χ2n) is 9.65. The van der Waals surface area contributed by atoms with Crippen LogP contribution in [0.1, 0.15) is 11.1 Å². The Balaban J connectivity index is 0.000000251. The van der Waals surface area contributed by atoms with E-state index in [4.69, 9.17) is 0 Å². The van der Waals surface area contributed by atoms with E-state index < -0.39 is 0 Å². The van der Waals surface area contributed by atoms with Crippen LogP contribution in [-0.2, 0) is 32.7 Å². The van der Waals surface area contributed by atoms with Gasteiger partial charge in [-0.05, 0) is 0 Å². The van der Waals surface area contributed by atoms with Crippen molar-refractivity contribution in [1.82, 2.24) is 0 Å². The number of aryl methyl sites for hydroxylation is 2. The summed E-state index contributed by atoms with van der Waals surface area (Å²) in [6, 6.07) is 51.2. The molecule has 6 rings (SSSR count). The Morgan fingerprint density at radius 1 is 0.439 bits per heavy atom. The van der Waals surface area contributed by atoms with E-state index >= 15 is 0 Å². The van der Waals surface area contributed by atoms with Crippen molar-refractivity contribution in [3.63, 3.8) is 0 Å². The van der Waals surface area contributed by atoms with Crippen molar-refractivity contribution in [1.29, 1.82) is 0 Å². The van der Waals surface area contributed by atoms with Crippen molar-refractivity contribution in [3.8, 4) is 44.5 Å². The zero-order chi connectivity index (χ0) is 27.5. The molecule has 0 saturated carbocycles. The SMILES string of the molecule is C[SiH]C.Cc1[cH-]cc(-c2ccccc2)c1-c1ccccc1.Cc1[cH-]cc(-c2ccccc2)c1-c1ccccc1.Cl.[Y]. The molecule has 0 atom stereocenters. The van der Waals surface area contributed by atoms with Crippen LogP contribution in [0.4, 0.5) is 0 Å². The summed E-state index contributed by atoms with van der Waals surface area (Å²) < 4.78 is 0. The summed E-state index contributed by atoms with van der Waals surface area (Å²) in [6.45, 7) is 8.77. The molecular weight excluding hydrogens is 609 g/mol. The van der Waals surface area contributed by atoms with Gasteiger partial charge in [0.2, 0.25) is 0 Å². The number of rotatable bonds is 4. The van der Waals surface area contributed by atoms with Crippen LogP contribution in [0, 0.1) is 13.8 Å². The van der Waals surface area contributed by atoms with Gasteiger partial charge in [-0.25, -0.2) is 0 Å². The van der Waals surface area contributed by atoms with E-state index in [2.05, 4.69) is 173 Å². The minimum absolute atomic E-state index is 0. The molecule has 0 nitrogen and oxygen atoms in total. The zero-order valence-corrected chi connectivity index (χ0v) is 29.2. The molecule has 0 N–H and O–H groups in total. The molecule has 3 heteroatoms. The first kappa shape index (κ1) is 34.4. The molecule has 6 aromatic rings. The summed E-state index contributed by atoms with van der Waals surface area (Å²) in [5.74, 6) is 0. The molecule has 2 radical (unpaired) electrons. The average Bonchev–Trinajstić information content (AvgIpc) is 3.58. The van der Waals surface area contributed by atoms with Crippen molar-refractivity contribution in [2.75, 3.05) is 0 Å². The maximum absolute atomic E-state index is 2.22. The Morgan fingerprint density at radius 2 is 0.683 bits per heavy atom. The maximum Gasteiger partial charge on any atom is 0.0213 e. The molecule has 0 aromatic heterocycles. The number of hydrogen-bond donors (Lipinski definition) is 0. The third kappa shape index (κ3) is 9.09. The normalized spacial score (nSPS) is 9.66. The van der Waals surface area contributed by atoms with Gasteiger partial charge in [-0.15, -0.1) is 12.4 Å². The quantitative estimate of drug-likeness (QED) is 0.132. The molecule has 0 aliphatic carbocycles. The smallest absolute Gasteiger partial charge is 0.0213 e. The molecule has 0 amide bonds. The zero-order valence-electron chi connectivity index (χ0n) is 24.4. The Hall–Kier alpha value is -2.81. The van der Waals surface area contributed by atoms with Gasteiger partial charge >= 0.3 is 0 Å². The minimum atomic E-state index is 0. The first-order valence-electron chi connectivity index (χ1n) is 13.6. The van der Waals surface area contributed by atoms with Crippen molar-refractivity contribution >= 4 is 21.9 Å². The molecule has 0 unspecified atom stereocenters. The molecule has 0 aliphatic rings. The molecule has 0 bridgehead atoms. The van der Waals surface area contributed by atoms with Gasteiger partial charge in [0.25, 0.3) is 0 Å². The predicted octanol–water partition coefficient (Wildman–Crippen LogP) is 11.0. The Labute approximate surface area is 280 Å². The van der Waals surface area contributed by atoms with E-state index in [1.54, 1.807) is 0 Å². The summed E-state index contributed by atoms with van der Waals surface area (Å²) >= 11 is 0. The number of benzene rings is 4. The summed E-state index contributed by atoms with van der Waals surface area (Å²) in [5, 5.41) is 0. The Kier molecular flexibility index (Phi) is 15.0. The fourth-order valence-electron chi connectivity index (χ4n) is 4.87.